The van der Waals surface area contributed by atoms with Crippen LogP contribution in [0.3, 0.4) is 0 Å². The van der Waals surface area contributed by atoms with Gasteiger partial charge in [0, 0.05) is 6.07 Å². The summed E-state index contributed by atoms with van der Waals surface area (Å²) in [6.07, 6.45) is 0. The Balaban J connectivity index is 2.64. The standard InChI is InChI=1S/C15H16O2/c1-9-4-11(3)15(5-10(9)2)12-6-13(16)8-14(17)7-12/h4-8,16-17H,1-3H3. The number of hydrogen-bond acceptors (Lipinski definition) is 2. The molecule has 0 aliphatic carbocycles. The van der Waals surface area contributed by atoms with Crippen LogP contribution in [0.4, 0.5) is 0 Å². The van der Waals surface area contributed by atoms with Crippen molar-refractivity contribution < 1.29 is 10.2 Å². The van der Waals surface area contributed by atoms with Crippen LogP contribution >= 0.6 is 0 Å². The van der Waals surface area contributed by atoms with Gasteiger partial charge in [0.2, 0.25) is 0 Å². The summed E-state index contributed by atoms with van der Waals surface area (Å²) in [5, 5.41) is 19.0. The molecule has 2 nitrogen and oxygen atoms in total. The minimum Gasteiger partial charge on any atom is -0.508 e. The van der Waals surface area contributed by atoms with Crippen LogP contribution in [0, 0.1) is 20.8 Å². The highest BCUT2D eigenvalue weighted by molar-refractivity contribution is 5.71. The first kappa shape index (κ1) is 11.5. The molecule has 0 unspecified atom stereocenters. The van der Waals surface area contributed by atoms with E-state index in [4.69, 9.17) is 0 Å². The SMILES string of the molecule is Cc1cc(C)c(-c2cc(O)cc(O)c2)cc1C. The van der Waals surface area contributed by atoms with Crippen molar-refractivity contribution in [3.63, 3.8) is 0 Å². The second-order valence-corrected chi connectivity index (χ2v) is 4.49. The molecule has 0 spiro atoms. The van der Waals surface area contributed by atoms with Gasteiger partial charge in [-0.3, -0.25) is 0 Å². The molecule has 0 bridgehead atoms. The molecule has 0 aliphatic heterocycles. The van der Waals surface area contributed by atoms with Crippen molar-refractivity contribution in [3.8, 4) is 22.6 Å². The average molecular weight is 228 g/mol. The zero-order chi connectivity index (χ0) is 12.6. The Bertz CT molecular complexity index is 551. The third-order valence-electron chi connectivity index (χ3n) is 3.05. The zero-order valence-corrected chi connectivity index (χ0v) is 10.3. The molecule has 0 aromatic heterocycles. The van der Waals surface area contributed by atoms with Gasteiger partial charge in [-0.25, -0.2) is 0 Å². The fraction of sp³-hybridized carbons (Fsp3) is 0.200. The number of rotatable bonds is 1. The molecular formula is C15H16O2. The topological polar surface area (TPSA) is 40.5 Å². The van der Waals surface area contributed by atoms with Crippen LogP contribution in [0.25, 0.3) is 11.1 Å². The van der Waals surface area contributed by atoms with Crippen molar-refractivity contribution in [1.82, 2.24) is 0 Å². The molecular weight excluding hydrogens is 212 g/mol. The molecule has 2 aromatic carbocycles. The highest BCUT2D eigenvalue weighted by Gasteiger charge is 2.07. The van der Waals surface area contributed by atoms with Gasteiger partial charge in [-0.1, -0.05) is 12.1 Å². The Morgan fingerprint density at radius 2 is 1.18 bits per heavy atom. The highest BCUT2D eigenvalue weighted by atomic mass is 16.3. The fourth-order valence-electron chi connectivity index (χ4n) is 2.02. The van der Waals surface area contributed by atoms with E-state index in [0.717, 1.165) is 16.7 Å². The first-order valence-electron chi connectivity index (χ1n) is 5.58. The first-order valence-corrected chi connectivity index (χ1v) is 5.58. The summed E-state index contributed by atoms with van der Waals surface area (Å²) in [4.78, 5) is 0. The first-order chi connectivity index (χ1) is 7.97. The van der Waals surface area contributed by atoms with Crippen molar-refractivity contribution in [3.05, 3.63) is 47.0 Å². The smallest absolute Gasteiger partial charge is 0.119 e. The van der Waals surface area contributed by atoms with Gasteiger partial charge in [0.15, 0.2) is 0 Å². The predicted octanol–water partition coefficient (Wildman–Crippen LogP) is 3.69. The number of phenolic OH excluding ortho intramolecular Hbond substituents is 2. The quantitative estimate of drug-likeness (QED) is 0.781. The Labute approximate surface area is 101 Å². The Morgan fingerprint density at radius 3 is 1.76 bits per heavy atom. The van der Waals surface area contributed by atoms with Gasteiger partial charge in [-0.05, 0) is 60.7 Å². The number of benzene rings is 2. The maximum absolute atomic E-state index is 9.51. The molecule has 2 N–H and O–H groups in total. The molecule has 0 heterocycles. The zero-order valence-electron chi connectivity index (χ0n) is 10.3. The molecule has 17 heavy (non-hydrogen) atoms. The van der Waals surface area contributed by atoms with Crippen LogP contribution in [0.15, 0.2) is 30.3 Å². The van der Waals surface area contributed by atoms with Crippen molar-refractivity contribution in [2.24, 2.45) is 0 Å². The summed E-state index contributed by atoms with van der Waals surface area (Å²) in [7, 11) is 0. The van der Waals surface area contributed by atoms with Crippen LogP contribution in [0.2, 0.25) is 0 Å². The van der Waals surface area contributed by atoms with Crippen molar-refractivity contribution in [1.29, 1.82) is 0 Å². The monoisotopic (exact) mass is 228 g/mol. The van der Waals surface area contributed by atoms with E-state index in [0.29, 0.717) is 0 Å². The normalized spacial score (nSPS) is 10.5. The lowest BCUT2D eigenvalue weighted by molar-refractivity contribution is 0.451. The van der Waals surface area contributed by atoms with E-state index in [9.17, 15) is 10.2 Å². The Hall–Kier alpha value is -1.96. The van der Waals surface area contributed by atoms with Crippen LogP contribution in [-0.2, 0) is 0 Å². The van der Waals surface area contributed by atoms with Crippen LogP contribution in [0.1, 0.15) is 16.7 Å². The van der Waals surface area contributed by atoms with E-state index in [1.54, 1.807) is 12.1 Å². The highest BCUT2D eigenvalue weighted by Crippen LogP contribution is 2.31. The van der Waals surface area contributed by atoms with Gasteiger partial charge in [0.05, 0.1) is 0 Å². The summed E-state index contributed by atoms with van der Waals surface area (Å²) in [5.41, 5.74) is 5.46. The maximum Gasteiger partial charge on any atom is 0.119 e. The molecule has 88 valence electrons. The van der Waals surface area contributed by atoms with Crippen LogP contribution < -0.4 is 0 Å². The number of aromatic hydroxyl groups is 2. The summed E-state index contributed by atoms with van der Waals surface area (Å²) in [6.45, 7) is 6.16. The lowest BCUT2D eigenvalue weighted by Crippen LogP contribution is -1.88. The van der Waals surface area contributed by atoms with Gasteiger partial charge in [-0.15, -0.1) is 0 Å². The van der Waals surface area contributed by atoms with E-state index in [-0.39, 0.29) is 11.5 Å². The third kappa shape index (κ3) is 2.26. The summed E-state index contributed by atoms with van der Waals surface area (Å²) < 4.78 is 0. The number of hydrogen-bond donors (Lipinski definition) is 2. The summed E-state index contributed by atoms with van der Waals surface area (Å²) in [6, 6.07) is 8.86. The lowest BCUT2D eigenvalue weighted by atomic mass is 9.95. The maximum atomic E-state index is 9.51. The van der Waals surface area contributed by atoms with E-state index >= 15 is 0 Å². The number of phenols is 2. The van der Waals surface area contributed by atoms with E-state index < -0.39 is 0 Å². The largest absolute Gasteiger partial charge is 0.508 e. The molecule has 0 aliphatic rings. The Morgan fingerprint density at radius 1 is 0.647 bits per heavy atom. The molecule has 2 aromatic rings. The van der Waals surface area contributed by atoms with Gasteiger partial charge in [0.25, 0.3) is 0 Å². The fourth-order valence-corrected chi connectivity index (χ4v) is 2.02. The predicted molar refractivity (Wildman–Crippen MR) is 69.4 cm³/mol. The van der Waals surface area contributed by atoms with Gasteiger partial charge in [0.1, 0.15) is 11.5 Å². The van der Waals surface area contributed by atoms with Crippen molar-refractivity contribution in [2.45, 2.75) is 20.8 Å². The van der Waals surface area contributed by atoms with Gasteiger partial charge >= 0.3 is 0 Å². The van der Waals surface area contributed by atoms with E-state index in [1.165, 1.54) is 17.2 Å². The molecule has 0 amide bonds. The summed E-state index contributed by atoms with van der Waals surface area (Å²) in [5.74, 6) is 0.162. The van der Waals surface area contributed by atoms with Gasteiger partial charge < -0.3 is 10.2 Å². The molecule has 2 rings (SSSR count). The van der Waals surface area contributed by atoms with Crippen LogP contribution in [0.5, 0.6) is 11.5 Å². The molecule has 0 fully saturated rings. The van der Waals surface area contributed by atoms with Crippen molar-refractivity contribution >= 4 is 0 Å². The minimum absolute atomic E-state index is 0.0811. The second kappa shape index (κ2) is 4.13. The van der Waals surface area contributed by atoms with E-state index in [1.807, 2.05) is 6.92 Å². The van der Waals surface area contributed by atoms with Gasteiger partial charge in [-0.2, -0.15) is 0 Å². The average Bonchev–Trinajstić information content (AvgIpc) is 2.22. The lowest BCUT2D eigenvalue weighted by Gasteiger charge is -2.11. The Kier molecular flexibility index (Phi) is 2.80. The molecule has 2 heteroatoms. The molecule has 0 radical (unpaired) electrons. The van der Waals surface area contributed by atoms with Crippen molar-refractivity contribution in [2.75, 3.05) is 0 Å². The molecule has 0 atom stereocenters. The minimum atomic E-state index is 0.0811. The summed E-state index contributed by atoms with van der Waals surface area (Å²) >= 11 is 0. The number of aryl methyl sites for hydroxylation is 3. The van der Waals surface area contributed by atoms with Crippen LogP contribution in [-0.4, -0.2) is 10.2 Å². The third-order valence-corrected chi connectivity index (χ3v) is 3.05. The van der Waals surface area contributed by atoms with E-state index in [2.05, 4.69) is 26.0 Å². The second-order valence-electron chi connectivity index (χ2n) is 4.49. The molecule has 0 saturated carbocycles. The molecule has 0 saturated heterocycles.